The van der Waals surface area contributed by atoms with E-state index in [2.05, 4.69) is 115 Å². The minimum atomic E-state index is 0. The Bertz CT molecular complexity index is 2070. The second kappa shape index (κ2) is 80.7. The molecule has 100 heavy (non-hydrogen) atoms. The van der Waals surface area contributed by atoms with E-state index >= 15 is 0 Å². The molecular formula is C97H172N2Ni. The normalized spacial score (nSPS) is 11.9. The number of hydrogen-bond donors (Lipinski definition) is 0. The van der Waals surface area contributed by atoms with Gasteiger partial charge < -0.3 is 19.4 Å². The predicted octanol–water partition coefficient (Wildman–Crippen LogP) is 34.6. The van der Waals surface area contributed by atoms with Crippen LogP contribution in [0.2, 0.25) is 0 Å². The van der Waals surface area contributed by atoms with Crippen molar-refractivity contribution in [2.75, 3.05) is 0 Å². The molecule has 0 aliphatic carbocycles. The molecule has 1 heterocycles. The van der Waals surface area contributed by atoms with Crippen LogP contribution in [0.1, 0.15) is 506 Å². The van der Waals surface area contributed by atoms with Crippen LogP contribution in [0.5, 0.6) is 0 Å². The Hall–Kier alpha value is -2.43. The van der Waals surface area contributed by atoms with Crippen molar-refractivity contribution in [3.8, 4) is 11.8 Å². The number of unbranched alkanes of at least 4 members (excludes halogenated alkanes) is 65. The second-order valence-corrected chi connectivity index (χ2v) is 31.2. The number of hydrogen-bond acceptors (Lipinski definition) is 0. The van der Waals surface area contributed by atoms with Crippen molar-refractivity contribution in [2.24, 2.45) is 0 Å². The summed E-state index contributed by atoms with van der Waals surface area (Å²) in [7, 11) is 0. The zero-order valence-corrected chi connectivity index (χ0v) is 69.2. The van der Waals surface area contributed by atoms with Crippen molar-refractivity contribution in [3.05, 3.63) is 102 Å². The van der Waals surface area contributed by atoms with Crippen LogP contribution in [-0.2, 0) is 29.3 Å². The molecule has 0 radical (unpaired) electrons. The third-order valence-corrected chi connectivity index (χ3v) is 21.4. The monoisotopic (exact) mass is 1420 g/mol. The molecule has 0 bridgehead atoms. The smallest absolute Gasteiger partial charge is 0.493 e. The van der Waals surface area contributed by atoms with Crippen molar-refractivity contribution in [1.82, 2.24) is 0 Å². The summed E-state index contributed by atoms with van der Waals surface area (Å²) in [5.41, 5.74) is 19.5. The molecule has 3 heteroatoms. The average molecular weight is 1430 g/mol. The van der Waals surface area contributed by atoms with E-state index in [9.17, 15) is 5.53 Å². The topological polar surface area (TPSA) is 25.3 Å². The zero-order chi connectivity index (χ0) is 71.3. The van der Waals surface area contributed by atoms with Gasteiger partial charge in [0.2, 0.25) is 11.4 Å². The molecule has 1 aliphatic rings. The van der Waals surface area contributed by atoms with E-state index in [-0.39, 0.29) is 16.5 Å². The van der Waals surface area contributed by atoms with Crippen molar-refractivity contribution in [1.29, 1.82) is 0 Å². The summed E-state index contributed by atoms with van der Waals surface area (Å²) in [4.78, 5) is 0. The fraction of sp³-hybridized carbons (Fsp3) is 0.794. The van der Waals surface area contributed by atoms with E-state index < -0.39 is 0 Å². The first-order valence-corrected chi connectivity index (χ1v) is 45.2. The maximum absolute atomic E-state index is 12.0. The van der Waals surface area contributed by atoms with Crippen molar-refractivity contribution in [3.63, 3.8) is 0 Å². The van der Waals surface area contributed by atoms with Gasteiger partial charge in [-0.25, -0.2) is 4.70 Å². The van der Waals surface area contributed by atoms with Gasteiger partial charge in [-0.1, -0.05) is 482 Å². The number of benzene rings is 2. The molecule has 3 rings (SSSR count). The quantitative estimate of drug-likeness (QED) is 0.0207. The summed E-state index contributed by atoms with van der Waals surface area (Å²) in [6.45, 7) is 19.2. The SMILES string of the molecule is CCCCCCCCCCCCCCCCCC#CC1=C(c2cccc(CCCCCCCCCCCCCCCC)c2)[N+](=[N-])C(c2cccc(CCCCCCCCCCCCCCCC)c2)=C1.[CH2-]CCCCCCCCCCCCCC.[CH2-]CCCCCCCCCCCCCC.[Ni+2]. The first kappa shape index (κ1) is 97.6. The van der Waals surface area contributed by atoms with Gasteiger partial charge in [0.15, 0.2) is 0 Å². The third-order valence-electron chi connectivity index (χ3n) is 21.4. The van der Waals surface area contributed by atoms with E-state index in [1.165, 1.54) is 440 Å². The molecule has 0 saturated carbocycles. The second-order valence-electron chi connectivity index (χ2n) is 31.2. The van der Waals surface area contributed by atoms with E-state index in [4.69, 9.17) is 0 Å². The number of nitrogens with zero attached hydrogens (tertiary/aromatic N) is 2. The maximum atomic E-state index is 12.0. The average Bonchev–Trinajstić information content (AvgIpc) is 1.63. The molecule has 1 aliphatic heterocycles. The summed E-state index contributed by atoms with van der Waals surface area (Å²) >= 11 is 0. The van der Waals surface area contributed by atoms with Gasteiger partial charge in [0.1, 0.15) is 5.57 Å². The minimum absolute atomic E-state index is 0. The Morgan fingerprint density at radius 2 is 0.520 bits per heavy atom. The summed E-state index contributed by atoms with van der Waals surface area (Å²) < 4.78 is 1.45. The Morgan fingerprint density at radius 3 is 0.790 bits per heavy atom. The summed E-state index contributed by atoms with van der Waals surface area (Å²) in [5.74, 6) is 7.13. The molecule has 0 saturated heterocycles. The van der Waals surface area contributed by atoms with E-state index in [1.807, 2.05) is 0 Å². The molecule has 0 amide bonds. The Balaban J connectivity index is 0.00000259. The van der Waals surface area contributed by atoms with Crippen LogP contribution in [0.15, 0.2) is 60.2 Å². The fourth-order valence-electron chi connectivity index (χ4n) is 14.7. The number of allylic oxidation sites excluding steroid dienone is 2. The minimum Gasteiger partial charge on any atom is -0.493 e. The first-order chi connectivity index (χ1) is 49.0. The molecule has 2 nitrogen and oxygen atoms in total. The standard InChI is InChI=1S/C67H110N2.2C15H31.Ni/c1-4-7-10-13-16-19-22-25-28-29-30-33-36-39-42-45-48-55-65-60-66(63-56-49-53-61(58-63)51-46-43-40-37-34-31-26-23-20-17-14-11-8-5-2)69(68)67(65)64-57-50-54-62(59-64)52-47-44-41-38-35-32-27-24-21-18-15-12-9-6-3;2*1-3-5-7-9-11-13-15-14-12-10-8-6-4-2;/h49-50,53-54,56-60H,4-47,51-52H2,1-3H3;2*1,3-15H2,2H3;/q;2*-1;+2. The van der Waals surface area contributed by atoms with Gasteiger partial charge in [-0.05, 0) is 67.5 Å². The van der Waals surface area contributed by atoms with Crippen LogP contribution >= 0.6 is 0 Å². The third kappa shape index (κ3) is 62.9. The molecule has 0 N–H and O–H groups in total. The molecule has 2 aromatic carbocycles. The molecular weight excluding hydrogens is 1250 g/mol. The van der Waals surface area contributed by atoms with Crippen LogP contribution in [0, 0.1) is 25.7 Å². The predicted molar refractivity (Wildman–Crippen MR) is 449 cm³/mol. The Morgan fingerprint density at radius 1 is 0.290 bits per heavy atom. The van der Waals surface area contributed by atoms with E-state index in [1.54, 1.807) is 0 Å². The van der Waals surface area contributed by atoms with Gasteiger partial charge >= 0.3 is 16.5 Å². The van der Waals surface area contributed by atoms with Gasteiger partial charge in [0.05, 0.1) is 0 Å². The van der Waals surface area contributed by atoms with Crippen molar-refractivity contribution >= 4 is 11.4 Å². The van der Waals surface area contributed by atoms with E-state index in [0.717, 1.165) is 66.6 Å². The molecule has 580 valence electrons. The number of rotatable bonds is 71. The largest absolute Gasteiger partial charge is 2.00 e. The maximum Gasteiger partial charge on any atom is 2.00 e. The van der Waals surface area contributed by atoms with Crippen molar-refractivity contribution < 1.29 is 21.2 Å². The van der Waals surface area contributed by atoms with Crippen LogP contribution < -0.4 is 0 Å². The fourth-order valence-corrected chi connectivity index (χ4v) is 14.7. The van der Waals surface area contributed by atoms with Gasteiger partial charge in [-0.15, -0.1) is 0 Å². The van der Waals surface area contributed by atoms with Gasteiger partial charge in [0, 0.05) is 23.6 Å². The van der Waals surface area contributed by atoms with Crippen LogP contribution in [0.4, 0.5) is 0 Å². The van der Waals surface area contributed by atoms with Gasteiger partial charge in [0.25, 0.3) is 0 Å². The molecule has 0 atom stereocenters. The molecule has 0 aromatic heterocycles. The van der Waals surface area contributed by atoms with Crippen molar-refractivity contribution in [2.45, 2.75) is 497 Å². The number of aryl methyl sites for hydroxylation is 2. The van der Waals surface area contributed by atoms with Crippen LogP contribution in [-0.4, -0.2) is 4.70 Å². The molecule has 0 fully saturated rings. The molecule has 0 unspecified atom stereocenters. The zero-order valence-electron chi connectivity index (χ0n) is 68.2. The van der Waals surface area contributed by atoms with Gasteiger partial charge in [-0.3, -0.25) is 0 Å². The summed E-state index contributed by atoms with van der Waals surface area (Å²) in [6.07, 6.45) is 101. The Labute approximate surface area is 639 Å². The summed E-state index contributed by atoms with van der Waals surface area (Å²) in [5, 5.41) is 0. The van der Waals surface area contributed by atoms with Gasteiger partial charge in [-0.2, -0.15) is 12.8 Å². The van der Waals surface area contributed by atoms with E-state index in [0.29, 0.717) is 0 Å². The molecule has 0 spiro atoms. The van der Waals surface area contributed by atoms with Crippen LogP contribution in [0.25, 0.3) is 16.9 Å². The summed E-state index contributed by atoms with van der Waals surface area (Å²) in [6, 6.07) is 17.9. The Kier molecular flexibility index (Phi) is 78.7. The van der Waals surface area contributed by atoms with Crippen LogP contribution in [0.3, 0.4) is 0 Å². The molecule has 2 aromatic rings. The first-order valence-electron chi connectivity index (χ1n) is 45.2.